The Balaban J connectivity index is 1.92. The predicted molar refractivity (Wildman–Crippen MR) is 49.4 cm³/mol. The van der Waals surface area contributed by atoms with E-state index in [0.717, 1.165) is 16.8 Å². The van der Waals surface area contributed by atoms with Crippen molar-refractivity contribution in [3.05, 3.63) is 28.7 Å². The maximum atomic E-state index is 5.46. The first kappa shape index (κ1) is 8.08. The van der Waals surface area contributed by atoms with Crippen LogP contribution in [0.25, 0.3) is 0 Å². The maximum absolute atomic E-state index is 5.46. The lowest BCUT2D eigenvalue weighted by atomic mass is 10.3. The number of benzene rings is 1. The molecule has 2 rings (SSSR count). The van der Waals surface area contributed by atoms with Crippen molar-refractivity contribution in [2.45, 2.75) is 6.10 Å². The number of epoxide rings is 1. The average molecular weight is 229 g/mol. The molecule has 64 valence electrons. The van der Waals surface area contributed by atoms with Crippen LogP contribution in [0.1, 0.15) is 0 Å². The van der Waals surface area contributed by atoms with Crippen LogP contribution in [-0.4, -0.2) is 19.3 Å². The minimum Gasteiger partial charge on any atom is -0.491 e. The SMILES string of the molecule is Brc1cccc(OC[C@H]2CO2)c1. The standard InChI is InChI=1S/C9H9BrO2/c10-7-2-1-3-8(4-7)11-5-9-6-12-9/h1-4,9H,5-6H2/t9-/m0/s1. The van der Waals surface area contributed by atoms with Crippen LogP contribution in [0.2, 0.25) is 0 Å². The normalized spacial score (nSPS) is 20.6. The van der Waals surface area contributed by atoms with E-state index in [9.17, 15) is 0 Å². The highest BCUT2D eigenvalue weighted by atomic mass is 79.9. The van der Waals surface area contributed by atoms with E-state index < -0.39 is 0 Å². The van der Waals surface area contributed by atoms with Gasteiger partial charge in [-0.15, -0.1) is 0 Å². The highest BCUT2D eigenvalue weighted by Crippen LogP contribution is 2.19. The second-order valence-corrected chi connectivity index (χ2v) is 3.64. The molecule has 1 saturated heterocycles. The summed E-state index contributed by atoms with van der Waals surface area (Å²) in [6.45, 7) is 1.50. The average Bonchev–Trinajstić information content (AvgIpc) is 2.84. The van der Waals surface area contributed by atoms with E-state index in [1.165, 1.54) is 0 Å². The van der Waals surface area contributed by atoms with Crippen LogP contribution in [0.5, 0.6) is 5.75 Å². The topological polar surface area (TPSA) is 21.8 Å². The maximum Gasteiger partial charge on any atom is 0.120 e. The Kier molecular flexibility index (Phi) is 2.33. The lowest BCUT2D eigenvalue weighted by Gasteiger charge is -2.03. The van der Waals surface area contributed by atoms with Crippen molar-refractivity contribution in [3.63, 3.8) is 0 Å². The largest absolute Gasteiger partial charge is 0.491 e. The molecule has 0 amide bonds. The molecule has 0 bridgehead atoms. The zero-order valence-electron chi connectivity index (χ0n) is 6.50. The summed E-state index contributed by atoms with van der Waals surface area (Å²) in [6.07, 6.45) is 0.323. The van der Waals surface area contributed by atoms with Crippen molar-refractivity contribution in [2.24, 2.45) is 0 Å². The predicted octanol–water partition coefficient (Wildman–Crippen LogP) is 2.23. The van der Waals surface area contributed by atoms with Crippen LogP contribution in [0.15, 0.2) is 28.7 Å². The Bertz CT molecular complexity index is 271. The molecule has 0 N–H and O–H groups in total. The van der Waals surface area contributed by atoms with E-state index >= 15 is 0 Å². The van der Waals surface area contributed by atoms with Crippen LogP contribution in [0.4, 0.5) is 0 Å². The number of rotatable bonds is 3. The molecule has 3 heteroatoms. The summed E-state index contributed by atoms with van der Waals surface area (Å²) in [4.78, 5) is 0. The van der Waals surface area contributed by atoms with Gasteiger partial charge in [0.15, 0.2) is 0 Å². The Labute approximate surface area is 79.6 Å². The van der Waals surface area contributed by atoms with Gasteiger partial charge in [0.05, 0.1) is 6.61 Å². The first-order chi connectivity index (χ1) is 5.84. The third-order valence-electron chi connectivity index (χ3n) is 1.63. The summed E-state index contributed by atoms with van der Waals surface area (Å²) in [5, 5.41) is 0. The van der Waals surface area contributed by atoms with Gasteiger partial charge in [-0.2, -0.15) is 0 Å². The quantitative estimate of drug-likeness (QED) is 0.741. The molecule has 0 radical (unpaired) electrons. The molecule has 1 aliphatic heterocycles. The van der Waals surface area contributed by atoms with E-state index in [0.29, 0.717) is 12.7 Å². The summed E-state index contributed by atoms with van der Waals surface area (Å²) in [7, 11) is 0. The Morgan fingerprint density at radius 2 is 2.42 bits per heavy atom. The van der Waals surface area contributed by atoms with Crippen molar-refractivity contribution in [1.82, 2.24) is 0 Å². The highest BCUT2D eigenvalue weighted by molar-refractivity contribution is 9.10. The van der Waals surface area contributed by atoms with Gasteiger partial charge in [-0.3, -0.25) is 0 Å². The van der Waals surface area contributed by atoms with Crippen molar-refractivity contribution < 1.29 is 9.47 Å². The lowest BCUT2D eigenvalue weighted by Crippen LogP contribution is -2.03. The molecule has 1 aromatic carbocycles. The summed E-state index contributed by atoms with van der Waals surface area (Å²) in [6, 6.07) is 7.81. The zero-order chi connectivity index (χ0) is 8.39. The summed E-state index contributed by atoms with van der Waals surface area (Å²) >= 11 is 3.37. The van der Waals surface area contributed by atoms with Gasteiger partial charge in [-0.25, -0.2) is 0 Å². The van der Waals surface area contributed by atoms with Crippen molar-refractivity contribution in [1.29, 1.82) is 0 Å². The molecule has 0 aromatic heterocycles. The van der Waals surface area contributed by atoms with Crippen LogP contribution < -0.4 is 4.74 Å². The van der Waals surface area contributed by atoms with E-state index in [4.69, 9.17) is 9.47 Å². The minimum absolute atomic E-state index is 0.323. The molecule has 1 aromatic rings. The monoisotopic (exact) mass is 228 g/mol. The van der Waals surface area contributed by atoms with Crippen molar-refractivity contribution >= 4 is 15.9 Å². The molecular weight excluding hydrogens is 220 g/mol. The van der Waals surface area contributed by atoms with Crippen LogP contribution in [0, 0.1) is 0 Å². The molecule has 0 saturated carbocycles. The third-order valence-corrected chi connectivity index (χ3v) is 2.13. The van der Waals surface area contributed by atoms with Crippen LogP contribution in [-0.2, 0) is 4.74 Å². The van der Waals surface area contributed by atoms with Gasteiger partial charge in [-0.1, -0.05) is 22.0 Å². The summed E-state index contributed by atoms with van der Waals surface area (Å²) in [5.41, 5.74) is 0. The molecule has 2 nitrogen and oxygen atoms in total. The van der Waals surface area contributed by atoms with Gasteiger partial charge in [0.2, 0.25) is 0 Å². The fourth-order valence-electron chi connectivity index (χ4n) is 0.910. The first-order valence-electron chi connectivity index (χ1n) is 3.84. The Hall–Kier alpha value is -0.540. The van der Waals surface area contributed by atoms with Gasteiger partial charge < -0.3 is 9.47 Å². The smallest absolute Gasteiger partial charge is 0.120 e. The van der Waals surface area contributed by atoms with E-state index in [-0.39, 0.29) is 0 Å². The van der Waals surface area contributed by atoms with Gasteiger partial charge in [0.25, 0.3) is 0 Å². The summed E-state index contributed by atoms with van der Waals surface area (Å²) in [5.74, 6) is 0.889. The molecule has 12 heavy (non-hydrogen) atoms. The second-order valence-electron chi connectivity index (χ2n) is 2.72. The molecule has 0 unspecified atom stereocenters. The minimum atomic E-state index is 0.323. The van der Waals surface area contributed by atoms with Crippen molar-refractivity contribution in [2.75, 3.05) is 13.2 Å². The molecule has 1 heterocycles. The lowest BCUT2D eigenvalue weighted by molar-refractivity contribution is 0.263. The van der Waals surface area contributed by atoms with Gasteiger partial charge in [-0.05, 0) is 18.2 Å². The fraction of sp³-hybridized carbons (Fsp3) is 0.333. The van der Waals surface area contributed by atoms with E-state index in [2.05, 4.69) is 15.9 Å². The number of ether oxygens (including phenoxy) is 2. The summed E-state index contributed by atoms with van der Waals surface area (Å²) < 4.78 is 11.5. The molecule has 0 aliphatic carbocycles. The van der Waals surface area contributed by atoms with Gasteiger partial charge in [0.1, 0.15) is 18.5 Å². The van der Waals surface area contributed by atoms with Gasteiger partial charge in [0, 0.05) is 4.47 Å². The third kappa shape index (κ3) is 2.22. The van der Waals surface area contributed by atoms with Crippen molar-refractivity contribution in [3.8, 4) is 5.75 Å². The first-order valence-corrected chi connectivity index (χ1v) is 4.64. The van der Waals surface area contributed by atoms with E-state index in [1.807, 2.05) is 24.3 Å². The fourth-order valence-corrected chi connectivity index (χ4v) is 1.29. The molecule has 1 atom stereocenters. The zero-order valence-corrected chi connectivity index (χ0v) is 8.08. The molecular formula is C9H9BrO2. The van der Waals surface area contributed by atoms with Crippen LogP contribution >= 0.6 is 15.9 Å². The Morgan fingerprint density at radius 3 is 3.08 bits per heavy atom. The van der Waals surface area contributed by atoms with Crippen LogP contribution in [0.3, 0.4) is 0 Å². The number of halogens is 1. The molecule has 1 aliphatic rings. The van der Waals surface area contributed by atoms with E-state index in [1.54, 1.807) is 0 Å². The second kappa shape index (κ2) is 3.46. The molecule has 0 spiro atoms. The molecule has 1 fully saturated rings. The van der Waals surface area contributed by atoms with Gasteiger partial charge >= 0.3 is 0 Å². The highest BCUT2D eigenvalue weighted by Gasteiger charge is 2.22. The number of hydrogen-bond donors (Lipinski definition) is 0. The number of hydrogen-bond acceptors (Lipinski definition) is 2. The Morgan fingerprint density at radius 1 is 1.58 bits per heavy atom.